The maximum absolute atomic E-state index is 11.9. The van der Waals surface area contributed by atoms with Crippen molar-refractivity contribution in [2.75, 3.05) is 24.4 Å². The van der Waals surface area contributed by atoms with E-state index in [1.165, 1.54) is 7.11 Å². The molecular formula is C11H14N4O4S2. The molecule has 10 heteroatoms. The molecule has 0 aliphatic carbocycles. The number of aromatic amines is 1. The number of H-pyrrole nitrogens is 1. The first-order valence-electron chi connectivity index (χ1n) is 5.76. The second kappa shape index (κ2) is 5.74. The van der Waals surface area contributed by atoms with E-state index in [2.05, 4.69) is 20.3 Å². The van der Waals surface area contributed by atoms with Crippen LogP contribution in [0.4, 0.5) is 10.7 Å². The molecule has 8 nitrogen and oxygen atoms in total. The zero-order valence-electron chi connectivity index (χ0n) is 11.3. The van der Waals surface area contributed by atoms with E-state index in [1.54, 1.807) is 12.4 Å². The molecule has 0 bridgehead atoms. The first-order chi connectivity index (χ1) is 9.84. The summed E-state index contributed by atoms with van der Waals surface area (Å²) in [4.78, 5) is 11.6. The smallest absolute Gasteiger partial charge is 0.350 e. The fourth-order valence-electron chi connectivity index (χ4n) is 1.71. The number of nitrogens with two attached hydrogens (primary N) is 1. The quantitative estimate of drug-likeness (QED) is 0.694. The fourth-order valence-corrected chi connectivity index (χ4v) is 4.20. The molecule has 0 unspecified atom stereocenters. The summed E-state index contributed by atoms with van der Waals surface area (Å²) in [5.74, 6) is -0.668. The number of methoxy groups -OCH3 is 1. The van der Waals surface area contributed by atoms with Crippen LogP contribution in [0.3, 0.4) is 0 Å². The molecule has 2 aromatic rings. The highest BCUT2D eigenvalue weighted by atomic mass is 32.2. The Kier molecular flexibility index (Phi) is 4.19. The minimum absolute atomic E-state index is 0.0626. The highest BCUT2D eigenvalue weighted by Gasteiger charge is 2.27. The largest absolute Gasteiger partial charge is 0.465 e. The van der Waals surface area contributed by atoms with Gasteiger partial charge in [-0.2, -0.15) is 5.10 Å². The van der Waals surface area contributed by atoms with Crippen molar-refractivity contribution >= 4 is 37.8 Å². The maximum Gasteiger partial charge on any atom is 0.350 e. The van der Waals surface area contributed by atoms with Gasteiger partial charge >= 0.3 is 5.97 Å². The van der Waals surface area contributed by atoms with E-state index in [0.717, 1.165) is 23.2 Å². The third kappa shape index (κ3) is 3.16. The number of sulfone groups is 1. The molecule has 0 saturated carbocycles. The summed E-state index contributed by atoms with van der Waals surface area (Å²) >= 11 is 0.947. The second-order valence-electron chi connectivity index (χ2n) is 4.23. The van der Waals surface area contributed by atoms with Gasteiger partial charge in [-0.25, -0.2) is 13.2 Å². The Labute approximate surface area is 125 Å². The van der Waals surface area contributed by atoms with Gasteiger partial charge < -0.3 is 15.8 Å². The number of ether oxygens (including phenoxy) is 1. The number of nitrogens with zero attached hydrogens (tertiary/aromatic N) is 1. The molecule has 0 aliphatic rings. The van der Waals surface area contributed by atoms with E-state index in [4.69, 9.17) is 5.73 Å². The Morgan fingerprint density at radius 2 is 2.29 bits per heavy atom. The number of anilines is 2. The van der Waals surface area contributed by atoms with Crippen molar-refractivity contribution in [3.05, 3.63) is 22.8 Å². The molecule has 0 spiro atoms. The molecule has 4 N–H and O–H groups in total. The molecule has 0 aromatic carbocycles. The van der Waals surface area contributed by atoms with Gasteiger partial charge in [-0.05, 0) is 0 Å². The third-order valence-corrected chi connectivity index (χ3v) is 5.09. The standard InChI is InChI=1S/C11H14N4O4S2/c1-19-11(16)8-7(12)9(21(2,17)18)10(20-8)13-3-6-4-14-15-5-6/h4-5,13H,3,12H2,1-2H3,(H,14,15). The zero-order chi connectivity index (χ0) is 15.6. The molecule has 0 fully saturated rings. The van der Waals surface area contributed by atoms with Crippen LogP contribution in [-0.4, -0.2) is 38.0 Å². The number of hydrogen-bond donors (Lipinski definition) is 3. The van der Waals surface area contributed by atoms with E-state index in [1.807, 2.05) is 0 Å². The lowest BCUT2D eigenvalue weighted by molar-refractivity contribution is 0.0607. The Bertz CT molecular complexity index is 750. The van der Waals surface area contributed by atoms with Crippen molar-refractivity contribution in [2.24, 2.45) is 0 Å². The number of carbonyl (C=O) groups is 1. The Morgan fingerprint density at radius 3 is 2.81 bits per heavy atom. The molecule has 0 amide bonds. The molecule has 0 atom stereocenters. The van der Waals surface area contributed by atoms with Crippen LogP contribution in [0.5, 0.6) is 0 Å². The summed E-state index contributed by atoms with van der Waals surface area (Å²) in [6, 6.07) is 0. The number of aromatic nitrogens is 2. The number of nitrogen functional groups attached to an aromatic ring is 1. The second-order valence-corrected chi connectivity index (χ2v) is 7.20. The van der Waals surface area contributed by atoms with E-state index >= 15 is 0 Å². The van der Waals surface area contributed by atoms with Gasteiger partial charge in [-0.3, -0.25) is 5.10 Å². The van der Waals surface area contributed by atoms with Crippen LogP contribution in [0.1, 0.15) is 15.2 Å². The minimum atomic E-state index is -3.58. The SMILES string of the molecule is COC(=O)c1sc(NCc2cn[nH]c2)c(S(C)(=O)=O)c1N. The zero-order valence-corrected chi connectivity index (χ0v) is 13.0. The lowest BCUT2D eigenvalue weighted by Crippen LogP contribution is -2.07. The molecule has 0 saturated heterocycles. The van der Waals surface area contributed by atoms with Gasteiger partial charge in [0, 0.05) is 24.6 Å². The highest BCUT2D eigenvalue weighted by molar-refractivity contribution is 7.91. The van der Waals surface area contributed by atoms with Gasteiger partial charge in [0.25, 0.3) is 0 Å². The maximum atomic E-state index is 11.9. The van der Waals surface area contributed by atoms with Crippen LogP contribution in [0.25, 0.3) is 0 Å². The van der Waals surface area contributed by atoms with E-state index in [9.17, 15) is 13.2 Å². The minimum Gasteiger partial charge on any atom is -0.465 e. The number of hydrogen-bond acceptors (Lipinski definition) is 8. The van der Waals surface area contributed by atoms with Crippen molar-refractivity contribution < 1.29 is 17.9 Å². The number of thiophene rings is 1. The van der Waals surface area contributed by atoms with Crippen molar-refractivity contribution in [3.8, 4) is 0 Å². The van der Waals surface area contributed by atoms with Gasteiger partial charge in [-0.15, -0.1) is 11.3 Å². The monoisotopic (exact) mass is 330 g/mol. The first kappa shape index (κ1) is 15.3. The topological polar surface area (TPSA) is 127 Å². The van der Waals surface area contributed by atoms with Gasteiger partial charge in [0.15, 0.2) is 9.84 Å². The summed E-state index contributed by atoms with van der Waals surface area (Å²) in [7, 11) is -2.38. The number of carbonyl (C=O) groups excluding carboxylic acids is 1. The van der Waals surface area contributed by atoms with Crippen molar-refractivity contribution in [3.63, 3.8) is 0 Å². The van der Waals surface area contributed by atoms with Gasteiger partial charge in [0.05, 0.1) is 19.0 Å². The third-order valence-electron chi connectivity index (χ3n) is 2.65. The van der Waals surface area contributed by atoms with Crippen LogP contribution in [0.2, 0.25) is 0 Å². The fraction of sp³-hybridized carbons (Fsp3) is 0.273. The lowest BCUT2D eigenvalue weighted by Gasteiger charge is -2.05. The van der Waals surface area contributed by atoms with E-state index < -0.39 is 15.8 Å². The Hall–Kier alpha value is -2.07. The highest BCUT2D eigenvalue weighted by Crippen LogP contribution is 2.39. The lowest BCUT2D eigenvalue weighted by atomic mass is 10.3. The van der Waals surface area contributed by atoms with Crippen LogP contribution in [0, 0.1) is 0 Å². The molecular weight excluding hydrogens is 316 g/mol. The molecule has 0 aliphatic heterocycles. The Balaban J connectivity index is 2.41. The summed E-state index contributed by atoms with van der Waals surface area (Å²) < 4.78 is 28.4. The van der Waals surface area contributed by atoms with Crippen LogP contribution in [0.15, 0.2) is 17.3 Å². The molecule has 0 radical (unpaired) electrons. The van der Waals surface area contributed by atoms with Gasteiger partial charge in [0.2, 0.25) is 0 Å². The normalized spacial score (nSPS) is 11.3. The van der Waals surface area contributed by atoms with E-state index in [-0.39, 0.29) is 15.5 Å². The molecule has 21 heavy (non-hydrogen) atoms. The molecule has 2 aromatic heterocycles. The average molecular weight is 330 g/mol. The average Bonchev–Trinajstić information content (AvgIpc) is 3.02. The van der Waals surface area contributed by atoms with Gasteiger partial charge in [-0.1, -0.05) is 0 Å². The number of esters is 1. The molecule has 114 valence electrons. The number of nitrogens with one attached hydrogen (secondary N) is 2. The summed E-state index contributed by atoms with van der Waals surface area (Å²) in [5, 5.41) is 9.70. The van der Waals surface area contributed by atoms with Crippen LogP contribution >= 0.6 is 11.3 Å². The Morgan fingerprint density at radius 1 is 1.57 bits per heavy atom. The summed E-state index contributed by atoms with van der Waals surface area (Å²) in [6.45, 7) is 0.347. The summed E-state index contributed by atoms with van der Waals surface area (Å²) in [5.41, 5.74) is 6.53. The molecule has 2 rings (SSSR count). The van der Waals surface area contributed by atoms with Crippen molar-refractivity contribution in [2.45, 2.75) is 11.4 Å². The predicted molar refractivity (Wildman–Crippen MR) is 79.1 cm³/mol. The van der Waals surface area contributed by atoms with E-state index in [0.29, 0.717) is 11.5 Å². The summed E-state index contributed by atoms with van der Waals surface area (Å²) in [6.07, 6.45) is 4.31. The molecule has 2 heterocycles. The van der Waals surface area contributed by atoms with Gasteiger partial charge in [0.1, 0.15) is 14.8 Å². The predicted octanol–water partition coefficient (Wildman–Crippen LogP) is 0.856. The van der Waals surface area contributed by atoms with Crippen LogP contribution < -0.4 is 11.1 Å². The first-order valence-corrected chi connectivity index (χ1v) is 8.47. The van der Waals surface area contributed by atoms with Crippen LogP contribution in [-0.2, 0) is 21.1 Å². The van der Waals surface area contributed by atoms with Crippen molar-refractivity contribution in [1.82, 2.24) is 10.2 Å². The number of rotatable bonds is 5. The van der Waals surface area contributed by atoms with Crippen molar-refractivity contribution in [1.29, 1.82) is 0 Å².